The van der Waals surface area contributed by atoms with E-state index in [9.17, 15) is 18.0 Å². The van der Waals surface area contributed by atoms with Crippen molar-refractivity contribution in [3.63, 3.8) is 0 Å². The normalized spacial score (nSPS) is 14.4. The number of nitrogens with zero attached hydrogens (tertiary/aromatic N) is 2. The van der Waals surface area contributed by atoms with Crippen molar-refractivity contribution in [2.24, 2.45) is 0 Å². The summed E-state index contributed by atoms with van der Waals surface area (Å²) in [6.45, 7) is 10.7. The number of piperidine rings is 1. The van der Waals surface area contributed by atoms with Crippen LogP contribution in [0.15, 0.2) is 59.6 Å². The van der Waals surface area contributed by atoms with Gasteiger partial charge in [0, 0.05) is 61.5 Å². The fourth-order valence-electron chi connectivity index (χ4n) is 4.56. The number of benzene rings is 2. The van der Waals surface area contributed by atoms with Crippen molar-refractivity contribution < 1.29 is 22.7 Å². The number of amides is 3. The molecule has 0 unspecified atom stereocenters. The quantitative estimate of drug-likeness (QED) is 0.252. The minimum absolute atomic E-state index is 0.00951. The number of rotatable bonds is 9. The van der Waals surface area contributed by atoms with Crippen LogP contribution in [0.3, 0.4) is 0 Å². The number of anilines is 2. The largest absolute Gasteiger partial charge is 0.446 e. The summed E-state index contributed by atoms with van der Waals surface area (Å²) in [4.78, 5) is 32.0. The molecule has 2 aromatic carbocycles. The highest BCUT2D eigenvalue weighted by atomic mass is 32.2. The van der Waals surface area contributed by atoms with Crippen LogP contribution in [0, 0.1) is 0 Å². The molecule has 1 fully saturated rings. The van der Waals surface area contributed by atoms with E-state index < -0.39 is 27.7 Å². The lowest BCUT2D eigenvalue weighted by molar-refractivity contribution is 0.0815. The molecule has 0 atom stereocenters. The van der Waals surface area contributed by atoms with Crippen LogP contribution in [0.25, 0.3) is 10.4 Å². The Balaban J connectivity index is 1.50. The summed E-state index contributed by atoms with van der Waals surface area (Å²) < 4.78 is 35.4. The van der Waals surface area contributed by atoms with Crippen molar-refractivity contribution in [1.82, 2.24) is 20.3 Å². The Morgan fingerprint density at radius 3 is 2.44 bits per heavy atom. The second-order valence-electron chi connectivity index (χ2n) is 11.8. The van der Waals surface area contributed by atoms with Crippen LogP contribution in [0.5, 0.6) is 0 Å². The number of carbonyl (C=O) groups excluding carboxylic acids is 2. The summed E-state index contributed by atoms with van der Waals surface area (Å²) in [5, 5.41) is 9.05. The Labute approximate surface area is 257 Å². The first-order valence-corrected chi connectivity index (χ1v) is 16.5. The molecule has 3 aromatic rings. The number of urea groups is 1. The van der Waals surface area contributed by atoms with Crippen LogP contribution in [0.4, 0.5) is 20.4 Å². The molecule has 232 valence electrons. The van der Waals surface area contributed by atoms with E-state index in [0.717, 1.165) is 10.7 Å². The van der Waals surface area contributed by atoms with Crippen molar-refractivity contribution in [2.45, 2.75) is 76.6 Å². The number of sulfonamides is 1. The number of hydrogen-bond acceptors (Lipinski definition) is 8. The first-order valence-electron chi connectivity index (χ1n) is 14.2. The number of hydrogen-bond donors (Lipinski definition) is 4. The highest BCUT2D eigenvalue weighted by molar-refractivity contribution is 7.89. The standard InChI is InChI=1S/C30H40N6O5S2/c1-20(2)33-29(38)41-23-13-15-36(16-14-23)28-32-19-25(42-28)24-12-11-22(17-26(24)43(39,40)35-30(3,4)5)34-27(37)31-18-21-9-7-6-8-10-21/h6-12,17,19-20,23,35H,13-16,18H2,1-5H3,(H,33,38)(H2,31,34,37). The van der Waals surface area contributed by atoms with E-state index in [1.807, 2.05) is 44.2 Å². The van der Waals surface area contributed by atoms with Crippen LogP contribution in [-0.4, -0.2) is 56.3 Å². The fraction of sp³-hybridized carbons (Fsp3) is 0.433. The number of ether oxygens (including phenoxy) is 1. The molecule has 1 aliphatic heterocycles. The van der Waals surface area contributed by atoms with Crippen molar-refractivity contribution in [2.75, 3.05) is 23.3 Å². The maximum atomic E-state index is 13.6. The van der Waals surface area contributed by atoms with E-state index in [2.05, 4.69) is 30.6 Å². The molecule has 3 amide bonds. The van der Waals surface area contributed by atoms with Gasteiger partial charge in [-0.2, -0.15) is 0 Å². The maximum absolute atomic E-state index is 13.6. The van der Waals surface area contributed by atoms with Crippen LogP contribution in [0.2, 0.25) is 0 Å². The van der Waals surface area contributed by atoms with Gasteiger partial charge in [-0.05, 0) is 52.3 Å². The number of nitrogens with one attached hydrogen (secondary N) is 4. The van der Waals surface area contributed by atoms with Gasteiger partial charge in [0.25, 0.3) is 0 Å². The van der Waals surface area contributed by atoms with Gasteiger partial charge in [-0.25, -0.2) is 27.7 Å². The van der Waals surface area contributed by atoms with Gasteiger partial charge in [0.15, 0.2) is 5.13 Å². The number of alkyl carbamates (subject to hydrolysis) is 1. The van der Waals surface area contributed by atoms with Gasteiger partial charge in [0.2, 0.25) is 10.0 Å². The monoisotopic (exact) mass is 628 g/mol. The molecular formula is C30H40N6O5S2. The third kappa shape index (κ3) is 9.40. The topological polar surface area (TPSA) is 142 Å². The van der Waals surface area contributed by atoms with Crippen LogP contribution >= 0.6 is 11.3 Å². The van der Waals surface area contributed by atoms with E-state index >= 15 is 0 Å². The highest BCUT2D eigenvalue weighted by Gasteiger charge is 2.28. The summed E-state index contributed by atoms with van der Waals surface area (Å²) in [7, 11) is -3.96. The molecule has 0 bridgehead atoms. The molecule has 11 nitrogen and oxygen atoms in total. The summed E-state index contributed by atoms with van der Waals surface area (Å²) in [5.41, 5.74) is 1.06. The predicted octanol–water partition coefficient (Wildman–Crippen LogP) is 5.31. The Kier molecular flexibility index (Phi) is 10.3. The lowest BCUT2D eigenvalue weighted by atomic mass is 10.1. The number of thiazole rings is 1. The third-order valence-corrected chi connectivity index (χ3v) is 9.31. The first-order chi connectivity index (χ1) is 20.3. The van der Waals surface area contributed by atoms with Crippen LogP contribution in [0.1, 0.15) is 53.0 Å². The second kappa shape index (κ2) is 13.7. The zero-order valence-corrected chi connectivity index (χ0v) is 26.8. The lowest BCUT2D eigenvalue weighted by Gasteiger charge is -2.31. The van der Waals surface area contributed by atoms with E-state index in [-0.39, 0.29) is 17.0 Å². The average Bonchev–Trinajstić information content (AvgIpc) is 3.41. The average molecular weight is 629 g/mol. The van der Waals surface area contributed by atoms with Gasteiger partial charge < -0.3 is 25.6 Å². The van der Waals surface area contributed by atoms with Gasteiger partial charge >= 0.3 is 12.1 Å². The minimum Gasteiger partial charge on any atom is -0.446 e. The first kappa shape index (κ1) is 32.2. The van der Waals surface area contributed by atoms with Crippen molar-refractivity contribution in [3.05, 3.63) is 60.3 Å². The molecule has 0 saturated carbocycles. The molecule has 1 aromatic heterocycles. The molecular weight excluding hydrogens is 589 g/mol. The predicted molar refractivity (Wildman–Crippen MR) is 170 cm³/mol. The van der Waals surface area contributed by atoms with Gasteiger partial charge in [0.05, 0.1) is 9.77 Å². The van der Waals surface area contributed by atoms with Gasteiger partial charge in [0.1, 0.15) is 6.10 Å². The molecule has 0 radical (unpaired) electrons. The van der Waals surface area contributed by atoms with Gasteiger partial charge in [-0.3, -0.25) is 0 Å². The summed E-state index contributed by atoms with van der Waals surface area (Å²) >= 11 is 1.39. The molecule has 13 heteroatoms. The SMILES string of the molecule is CC(C)NC(=O)OC1CCN(c2ncc(-c3ccc(NC(=O)NCc4ccccc4)cc3S(=O)(=O)NC(C)(C)C)s2)CC1. The fourth-order valence-corrected chi connectivity index (χ4v) is 7.30. The van der Waals surface area contributed by atoms with Gasteiger partial charge in [-0.1, -0.05) is 47.7 Å². The van der Waals surface area contributed by atoms with E-state index in [1.165, 1.54) is 17.4 Å². The third-order valence-electron chi connectivity index (χ3n) is 6.42. The number of aromatic nitrogens is 1. The molecule has 1 aliphatic rings. The molecule has 0 aliphatic carbocycles. The van der Waals surface area contributed by atoms with Crippen molar-refractivity contribution in [1.29, 1.82) is 0 Å². The van der Waals surface area contributed by atoms with Crippen molar-refractivity contribution >= 4 is 44.3 Å². The zero-order valence-electron chi connectivity index (χ0n) is 25.1. The van der Waals surface area contributed by atoms with E-state index in [1.54, 1.807) is 39.1 Å². The van der Waals surface area contributed by atoms with Crippen molar-refractivity contribution in [3.8, 4) is 10.4 Å². The molecule has 4 N–H and O–H groups in total. The van der Waals surface area contributed by atoms with Crippen LogP contribution < -0.4 is 25.6 Å². The van der Waals surface area contributed by atoms with E-state index in [4.69, 9.17) is 4.74 Å². The Morgan fingerprint density at radius 2 is 1.79 bits per heavy atom. The summed E-state index contributed by atoms with van der Waals surface area (Å²) in [6.07, 6.45) is 2.43. The molecule has 2 heterocycles. The second-order valence-corrected chi connectivity index (χ2v) is 14.4. The maximum Gasteiger partial charge on any atom is 0.407 e. The Hall–Kier alpha value is -3.68. The number of carbonyl (C=O) groups is 2. The highest BCUT2D eigenvalue weighted by Crippen LogP contribution is 2.37. The molecule has 0 spiro atoms. The van der Waals surface area contributed by atoms with E-state index in [0.29, 0.717) is 48.6 Å². The minimum atomic E-state index is -3.96. The lowest BCUT2D eigenvalue weighted by Crippen LogP contribution is -2.40. The van der Waals surface area contributed by atoms with Gasteiger partial charge in [-0.15, -0.1) is 0 Å². The Morgan fingerprint density at radius 1 is 1.09 bits per heavy atom. The summed E-state index contributed by atoms with van der Waals surface area (Å²) in [5.74, 6) is 0. The molecule has 4 rings (SSSR count). The van der Waals surface area contributed by atoms with Crippen LogP contribution in [-0.2, 0) is 21.3 Å². The molecule has 1 saturated heterocycles. The summed E-state index contributed by atoms with van der Waals surface area (Å²) in [6, 6.07) is 13.9. The molecule has 43 heavy (non-hydrogen) atoms. The Bertz CT molecular complexity index is 1510. The zero-order chi connectivity index (χ0) is 31.2. The smallest absolute Gasteiger partial charge is 0.407 e.